The van der Waals surface area contributed by atoms with E-state index in [2.05, 4.69) is 10.3 Å². The standard InChI is InChI=1S/C20H18F3IN4O2/c1-12(2)28-18(29)26-17(25-16-5-3-4-14(10-16)20(22,23)24)27(19(28)30)11-13-6-8-15(21)9-7-13/h3-10,12H,11H2,1-2H3,(H,25,26,29). The number of nitrogens with one attached hydrogen (secondary N) is 1. The van der Waals surface area contributed by atoms with Crippen LogP contribution in [0.3, 0.4) is 0 Å². The molecule has 0 radical (unpaired) electrons. The van der Waals surface area contributed by atoms with E-state index in [-0.39, 0.29) is 23.7 Å². The van der Waals surface area contributed by atoms with Crippen LogP contribution in [0.25, 0.3) is 0 Å². The van der Waals surface area contributed by atoms with E-state index in [0.717, 1.165) is 27.2 Å². The molecule has 2 aromatic carbocycles. The fourth-order valence-corrected chi connectivity index (χ4v) is 3.20. The molecule has 0 aliphatic carbocycles. The zero-order chi connectivity index (χ0) is 22.1. The number of benzene rings is 2. The largest absolute Gasteiger partial charge is 0.355 e. The molecule has 0 saturated heterocycles. The van der Waals surface area contributed by atoms with Crippen LogP contribution in [0.1, 0.15) is 31.0 Å². The van der Waals surface area contributed by atoms with Crippen LogP contribution in [0.5, 0.6) is 0 Å². The van der Waals surface area contributed by atoms with Crippen molar-refractivity contribution in [3.05, 3.63) is 86.4 Å². The lowest BCUT2D eigenvalue weighted by atomic mass is 10.2. The summed E-state index contributed by atoms with van der Waals surface area (Å²) in [5.41, 5.74) is -0.776. The number of aromatic nitrogens is 3. The first-order valence-electron chi connectivity index (χ1n) is 8.98. The summed E-state index contributed by atoms with van der Waals surface area (Å²) in [6.45, 7) is 3.35. The molecule has 0 unspecified atom stereocenters. The van der Waals surface area contributed by atoms with Gasteiger partial charge in [0.25, 0.3) is 0 Å². The maximum atomic E-state index is 13.6. The van der Waals surface area contributed by atoms with Crippen molar-refractivity contribution in [1.29, 1.82) is 0 Å². The molecule has 1 heterocycles. The number of rotatable bonds is 6. The molecule has 0 fully saturated rings. The van der Waals surface area contributed by atoms with Crippen molar-refractivity contribution in [3.8, 4) is 0 Å². The number of anilines is 2. The quantitative estimate of drug-likeness (QED) is 0.379. The monoisotopic (exact) mass is 530 g/mol. The molecule has 10 heteroatoms. The second-order valence-corrected chi connectivity index (χ2v) is 8.24. The Morgan fingerprint density at radius 2 is 1.80 bits per heavy atom. The van der Waals surface area contributed by atoms with Crippen molar-refractivity contribution >= 4 is 34.2 Å². The molecule has 0 amide bonds. The molecule has 158 valence electrons. The van der Waals surface area contributed by atoms with Crippen molar-refractivity contribution < 1.29 is 13.2 Å². The van der Waals surface area contributed by atoms with Crippen molar-refractivity contribution in [3.63, 3.8) is 0 Å². The van der Waals surface area contributed by atoms with E-state index in [0.29, 0.717) is 5.56 Å². The average molecular weight is 530 g/mol. The smallest absolute Gasteiger partial charge is 0.325 e. The number of alkyl halides is 3. The van der Waals surface area contributed by atoms with Gasteiger partial charge in [-0.2, -0.15) is 13.8 Å². The predicted molar refractivity (Wildman–Crippen MR) is 116 cm³/mol. The number of nitrogens with zero attached hydrogens (tertiary/aromatic N) is 3. The topological polar surface area (TPSA) is 68.9 Å². The molecule has 0 saturated carbocycles. The van der Waals surface area contributed by atoms with Crippen LogP contribution < -0.4 is 16.7 Å². The second-order valence-electron chi connectivity index (χ2n) is 6.88. The Morgan fingerprint density at radius 3 is 2.40 bits per heavy atom. The molecular formula is C20H18F3IN4O2. The highest BCUT2D eigenvalue weighted by Crippen LogP contribution is 2.36. The van der Waals surface area contributed by atoms with Crippen LogP contribution in [0.15, 0.2) is 58.1 Å². The minimum atomic E-state index is -3.09. The summed E-state index contributed by atoms with van der Waals surface area (Å²) >= 11 is 1.02. The van der Waals surface area contributed by atoms with E-state index in [1.807, 2.05) is 0 Å². The van der Waals surface area contributed by atoms with Crippen LogP contribution in [0, 0.1) is 5.82 Å². The molecule has 0 atom stereocenters. The van der Waals surface area contributed by atoms with Gasteiger partial charge in [-0.1, -0.05) is 24.3 Å². The zero-order valence-electron chi connectivity index (χ0n) is 16.1. The van der Waals surface area contributed by atoms with Crippen LogP contribution in [0.2, 0.25) is 0 Å². The summed E-state index contributed by atoms with van der Waals surface area (Å²) in [7, 11) is 0. The third-order valence-corrected chi connectivity index (χ3v) is 4.94. The fourth-order valence-electron chi connectivity index (χ4n) is 2.86. The summed E-state index contributed by atoms with van der Waals surface area (Å²) in [6, 6.07) is 10.5. The maximum absolute atomic E-state index is 13.6. The Hall–Kier alpha value is -2.63. The molecule has 3 aromatic rings. The summed E-state index contributed by atoms with van der Waals surface area (Å²) in [6.07, 6.45) is 0. The fraction of sp³-hybridized carbons (Fsp3) is 0.250. The van der Waals surface area contributed by atoms with E-state index >= 15 is 0 Å². The van der Waals surface area contributed by atoms with E-state index in [9.17, 15) is 22.8 Å². The van der Waals surface area contributed by atoms with Gasteiger partial charge in [-0.05, 0) is 43.7 Å². The molecule has 0 aliphatic rings. The molecule has 0 spiro atoms. The summed E-state index contributed by atoms with van der Waals surface area (Å²) < 4.78 is 39.6. The number of halogens is 4. The molecule has 1 aromatic heterocycles. The Morgan fingerprint density at radius 1 is 1.13 bits per heavy atom. The zero-order valence-corrected chi connectivity index (χ0v) is 18.2. The molecule has 0 aliphatic heterocycles. The van der Waals surface area contributed by atoms with Crippen molar-refractivity contribution in [2.75, 3.05) is 5.32 Å². The van der Waals surface area contributed by atoms with Crippen molar-refractivity contribution in [2.45, 2.75) is 30.4 Å². The number of hydrogen-bond donors (Lipinski definition) is 1. The lowest BCUT2D eigenvalue weighted by Crippen LogP contribution is -2.43. The average Bonchev–Trinajstić information content (AvgIpc) is 2.65. The van der Waals surface area contributed by atoms with Gasteiger partial charge in [0.2, 0.25) is 5.95 Å². The predicted octanol–water partition coefficient (Wildman–Crippen LogP) is 4.40. The highest BCUT2D eigenvalue weighted by atomic mass is 127. The first kappa shape index (κ1) is 22.1. The lowest BCUT2D eigenvalue weighted by molar-refractivity contribution is 0.127. The summed E-state index contributed by atoms with van der Waals surface area (Å²) in [5, 5.41) is 2.79. The molecule has 3 rings (SSSR count). The van der Waals surface area contributed by atoms with E-state index in [4.69, 9.17) is 0 Å². The Balaban J connectivity index is 2.10. The number of hydrogen-bond acceptors (Lipinski definition) is 4. The highest BCUT2D eigenvalue weighted by Gasteiger charge is 2.27. The van der Waals surface area contributed by atoms with E-state index in [1.165, 1.54) is 53.1 Å². The Bertz CT molecular complexity index is 1170. The maximum Gasteiger partial charge on any atom is 0.355 e. The van der Waals surface area contributed by atoms with Gasteiger partial charge in [-0.25, -0.2) is 18.5 Å². The normalized spacial score (nSPS) is 11.7. The molecule has 6 nitrogen and oxygen atoms in total. The summed E-state index contributed by atoms with van der Waals surface area (Å²) in [4.78, 5) is 29.3. The minimum absolute atomic E-state index is 0.00355. The van der Waals surface area contributed by atoms with E-state index < -0.39 is 27.2 Å². The van der Waals surface area contributed by atoms with Gasteiger partial charge in [0.05, 0.1) is 6.54 Å². The van der Waals surface area contributed by atoms with Gasteiger partial charge >= 0.3 is 15.3 Å². The van der Waals surface area contributed by atoms with Gasteiger partial charge in [-0.3, -0.25) is 4.57 Å². The Kier molecular flexibility index (Phi) is 6.34. The van der Waals surface area contributed by atoms with Crippen LogP contribution in [-0.2, 0) is 10.5 Å². The van der Waals surface area contributed by atoms with Crippen molar-refractivity contribution in [2.24, 2.45) is 0 Å². The van der Waals surface area contributed by atoms with Gasteiger partial charge in [-0.15, -0.1) is 0 Å². The van der Waals surface area contributed by atoms with Gasteiger partial charge in [0, 0.05) is 39.9 Å². The summed E-state index contributed by atoms with van der Waals surface area (Å²) in [5.74, 6) is -0.522. The van der Waals surface area contributed by atoms with Crippen LogP contribution in [-0.4, -0.2) is 14.1 Å². The SMILES string of the molecule is CC(C)n1c(=O)nc(Nc2cccc(C(F)(F)I)c2)n(Cc2ccc(F)cc2)c1=O. The lowest BCUT2D eigenvalue weighted by Gasteiger charge is -2.18. The first-order valence-corrected chi connectivity index (χ1v) is 10.1. The van der Waals surface area contributed by atoms with Crippen LogP contribution in [0.4, 0.5) is 24.8 Å². The third kappa shape index (κ3) is 4.91. The molecular weight excluding hydrogens is 512 g/mol. The highest BCUT2D eigenvalue weighted by molar-refractivity contribution is 14.1. The van der Waals surface area contributed by atoms with Gasteiger partial charge < -0.3 is 5.32 Å². The molecule has 1 N–H and O–H groups in total. The van der Waals surface area contributed by atoms with Gasteiger partial charge in [0.15, 0.2) is 0 Å². The minimum Gasteiger partial charge on any atom is -0.325 e. The van der Waals surface area contributed by atoms with Crippen molar-refractivity contribution in [1.82, 2.24) is 14.1 Å². The first-order chi connectivity index (χ1) is 14.1. The second kappa shape index (κ2) is 8.62. The Labute approximate surface area is 183 Å². The third-order valence-electron chi connectivity index (χ3n) is 4.32. The molecule has 0 bridgehead atoms. The molecule has 30 heavy (non-hydrogen) atoms. The van der Waals surface area contributed by atoms with Gasteiger partial charge in [0.1, 0.15) is 5.82 Å². The van der Waals surface area contributed by atoms with Crippen LogP contribution >= 0.6 is 22.6 Å². The van der Waals surface area contributed by atoms with E-state index in [1.54, 1.807) is 13.8 Å².